The molecule has 0 saturated heterocycles. The van der Waals surface area contributed by atoms with Crippen LogP contribution in [0.25, 0.3) is 5.69 Å². The minimum absolute atomic E-state index is 0.130. The van der Waals surface area contributed by atoms with Crippen LogP contribution >= 0.6 is 0 Å². The molecular weight excluding hydrogens is 230 g/mol. The first-order valence-corrected chi connectivity index (χ1v) is 5.81. The number of hydrogen-bond acceptors (Lipinski definition) is 3. The minimum atomic E-state index is -0.908. The summed E-state index contributed by atoms with van der Waals surface area (Å²) in [4.78, 5) is 15.1. The van der Waals surface area contributed by atoms with Gasteiger partial charge in [-0.3, -0.25) is 4.79 Å². The fourth-order valence-electron chi connectivity index (χ4n) is 1.63. The minimum Gasteiger partial charge on any atom is -0.481 e. The first kappa shape index (κ1) is 12.3. The zero-order valence-electron chi connectivity index (χ0n) is 10.4. The van der Waals surface area contributed by atoms with Crippen LogP contribution in [0.4, 0.5) is 0 Å². The normalized spacial score (nSPS) is 10.8. The van der Waals surface area contributed by atoms with Crippen LogP contribution in [-0.2, 0) is 11.2 Å². The molecule has 0 aliphatic rings. The lowest BCUT2D eigenvalue weighted by Crippen LogP contribution is -2.08. The van der Waals surface area contributed by atoms with Crippen LogP contribution in [0.15, 0.2) is 30.3 Å². The van der Waals surface area contributed by atoms with Crippen LogP contribution < -0.4 is 0 Å². The molecule has 18 heavy (non-hydrogen) atoms. The molecule has 0 aliphatic carbocycles. The molecule has 0 atom stereocenters. The number of benzene rings is 1. The Hall–Kier alpha value is -2.17. The van der Waals surface area contributed by atoms with Crippen molar-refractivity contribution in [3.8, 4) is 5.69 Å². The lowest BCUT2D eigenvalue weighted by Gasteiger charge is -2.03. The number of carbonyl (C=O) groups is 1. The number of carboxylic acids is 1. The second-order valence-electron chi connectivity index (χ2n) is 4.36. The lowest BCUT2D eigenvalue weighted by molar-refractivity contribution is -0.136. The average molecular weight is 245 g/mol. The Morgan fingerprint density at radius 3 is 2.56 bits per heavy atom. The molecule has 0 saturated carbocycles. The van der Waals surface area contributed by atoms with E-state index in [4.69, 9.17) is 5.11 Å². The Labute approximate surface area is 105 Å². The van der Waals surface area contributed by atoms with Crippen LogP contribution in [0.1, 0.15) is 31.4 Å². The van der Waals surface area contributed by atoms with Crippen molar-refractivity contribution < 1.29 is 9.90 Å². The van der Waals surface area contributed by atoms with Crippen molar-refractivity contribution in [2.45, 2.75) is 26.2 Å². The number of rotatable bonds is 4. The molecule has 1 aromatic heterocycles. The topological polar surface area (TPSA) is 68.0 Å². The van der Waals surface area contributed by atoms with Gasteiger partial charge in [-0.1, -0.05) is 32.0 Å². The molecule has 0 aliphatic heterocycles. The summed E-state index contributed by atoms with van der Waals surface area (Å²) in [6.07, 6.45) is -0.130. The summed E-state index contributed by atoms with van der Waals surface area (Å²) in [5.41, 5.74) is 0.827. The standard InChI is InChI=1S/C13H15N3O2/c1-9(2)13-14-11(8-12(17)18)16(15-13)10-6-4-3-5-7-10/h3-7,9H,8H2,1-2H3,(H,17,18). The second kappa shape index (κ2) is 5.00. The summed E-state index contributed by atoms with van der Waals surface area (Å²) >= 11 is 0. The molecule has 1 N–H and O–H groups in total. The number of nitrogens with zero attached hydrogens (tertiary/aromatic N) is 3. The number of para-hydroxylation sites is 1. The van der Waals surface area contributed by atoms with Gasteiger partial charge in [0, 0.05) is 5.92 Å². The highest BCUT2D eigenvalue weighted by Gasteiger charge is 2.15. The van der Waals surface area contributed by atoms with Crippen molar-refractivity contribution in [3.63, 3.8) is 0 Å². The van der Waals surface area contributed by atoms with E-state index in [1.165, 1.54) is 0 Å². The first-order chi connectivity index (χ1) is 8.58. The molecule has 0 amide bonds. The van der Waals surface area contributed by atoms with Crippen molar-refractivity contribution >= 4 is 5.97 Å². The van der Waals surface area contributed by atoms with Crippen molar-refractivity contribution in [2.75, 3.05) is 0 Å². The third-order valence-corrected chi connectivity index (χ3v) is 2.52. The molecule has 0 spiro atoms. The highest BCUT2D eigenvalue weighted by atomic mass is 16.4. The molecule has 0 bridgehead atoms. The number of carboxylic acid groups (broad SMARTS) is 1. The molecule has 1 aromatic carbocycles. The second-order valence-corrected chi connectivity index (χ2v) is 4.36. The summed E-state index contributed by atoms with van der Waals surface area (Å²) in [6, 6.07) is 9.43. The third kappa shape index (κ3) is 2.56. The predicted octanol–water partition coefficient (Wildman–Crippen LogP) is 2.02. The van der Waals surface area contributed by atoms with Gasteiger partial charge in [0.05, 0.1) is 5.69 Å². The van der Waals surface area contributed by atoms with Gasteiger partial charge in [0.1, 0.15) is 12.2 Å². The molecule has 0 fully saturated rings. The van der Waals surface area contributed by atoms with E-state index in [0.29, 0.717) is 11.6 Å². The van der Waals surface area contributed by atoms with Gasteiger partial charge >= 0.3 is 5.97 Å². The van der Waals surface area contributed by atoms with Gasteiger partial charge < -0.3 is 5.11 Å². The highest BCUT2D eigenvalue weighted by molar-refractivity contribution is 5.69. The van der Waals surface area contributed by atoms with E-state index < -0.39 is 5.97 Å². The molecule has 94 valence electrons. The van der Waals surface area contributed by atoms with Gasteiger partial charge in [0.15, 0.2) is 5.82 Å². The molecule has 5 heteroatoms. The summed E-state index contributed by atoms with van der Waals surface area (Å²) in [7, 11) is 0. The Kier molecular flexibility index (Phi) is 3.41. The maximum absolute atomic E-state index is 10.9. The average Bonchev–Trinajstić information content (AvgIpc) is 2.73. The number of hydrogen-bond donors (Lipinski definition) is 1. The smallest absolute Gasteiger partial charge is 0.311 e. The van der Waals surface area contributed by atoms with Gasteiger partial charge in [-0.05, 0) is 12.1 Å². The summed E-state index contributed by atoms with van der Waals surface area (Å²) < 4.78 is 1.60. The van der Waals surface area contributed by atoms with E-state index in [-0.39, 0.29) is 12.3 Å². The van der Waals surface area contributed by atoms with E-state index in [0.717, 1.165) is 5.69 Å². The van der Waals surface area contributed by atoms with E-state index in [9.17, 15) is 4.79 Å². The molecule has 5 nitrogen and oxygen atoms in total. The van der Waals surface area contributed by atoms with Crippen LogP contribution in [0.5, 0.6) is 0 Å². The molecule has 2 rings (SSSR count). The van der Waals surface area contributed by atoms with Crippen molar-refractivity contribution in [1.29, 1.82) is 0 Å². The number of aromatic nitrogens is 3. The Bertz CT molecular complexity index is 547. The Morgan fingerprint density at radius 2 is 2.00 bits per heavy atom. The zero-order valence-corrected chi connectivity index (χ0v) is 10.4. The van der Waals surface area contributed by atoms with Crippen molar-refractivity contribution in [3.05, 3.63) is 42.0 Å². The fourth-order valence-corrected chi connectivity index (χ4v) is 1.63. The SMILES string of the molecule is CC(C)c1nc(CC(=O)O)n(-c2ccccc2)n1. The highest BCUT2D eigenvalue weighted by Crippen LogP contribution is 2.15. The van der Waals surface area contributed by atoms with Gasteiger partial charge in [-0.15, -0.1) is 0 Å². The largest absolute Gasteiger partial charge is 0.481 e. The first-order valence-electron chi connectivity index (χ1n) is 5.81. The molecular formula is C13H15N3O2. The summed E-state index contributed by atoms with van der Waals surface area (Å²) in [5.74, 6) is 0.380. The van der Waals surface area contributed by atoms with E-state index >= 15 is 0 Å². The van der Waals surface area contributed by atoms with Gasteiger partial charge in [-0.25, -0.2) is 9.67 Å². The molecule has 1 heterocycles. The van der Waals surface area contributed by atoms with Gasteiger partial charge in [-0.2, -0.15) is 5.10 Å². The van der Waals surface area contributed by atoms with Crippen LogP contribution in [0.3, 0.4) is 0 Å². The van der Waals surface area contributed by atoms with E-state index in [2.05, 4.69) is 10.1 Å². The van der Waals surface area contributed by atoms with Gasteiger partial charge in [0.25, 0.3) is 0 Å². The zero-order chi connectivity index (χ0) is 13.1. The van der Waals surface area contributed by atoms with Crippen molar-refractivity contribution in [2.24, 2.45) is 0 Å². The maximum atomic E-state index is 10.9. The number of aliphatic carboxylic acids is 1. The predicted molar refractivity (Wildman–Crippen MR) is 66.8 cm³/mol. The summed E-state index contributed by atoms with van der Waals surface area (Å²) in [6.45, 7) is 3.96. The van der Waals surface area contributed by atoms with E-state index in [1.54, 1.807) is 4.68 Å². The molecule has 0 unspecified atom stereocenters. The molecule has 0 radical (unpaired) electrons. The molecule has 2 aromatic rings. The van der Waals surface area contributed by atoms with Crippen molar-refractivity contribution in [1.82, 2.24) is 14.8 Å². The quantitative estimate of drug-likeness (QED) is 0.894. The Balaban J connectivity index is 2.47. The third-order valence-electron chi connectivity index (χ3n) is 2.52. The van der Waals surface area contributed by atoms with Crippen LogP contribution in [-0.4, -0.2) is 25.8 Å². The van der Waals surface area contributed by atoms with Crippen LogP contribution in [0.2, 0.25) is 0 Å². The van der Waals surface area contributed by atoms with Crippen LogP contribution in [0, 0.1) is 0 Å². The summed E-state index contributed by atoms with van der Waals surface area (Å²) in [5, 5.41) is 13.3. The Morgan fingerprint density at radius 1 is 1.33 bits per heavy atom. The maximum Gasteiger partial charge on any atom is 0.311 e. The fraction of sp³-hybridized carbons (Fsp3) is 0.308. The van der Waals surface area contributed by atoms with Gasteiger partial charge in [0.2, 0.25) is 0 Å². The monoisotopic (exact) mass is 245 g/mol. The lowest BCUT2D eigenvalue weighted by atomic mass is 10.2. The van der Waals surface area contributed by atoms with E-state index in [1.807, 2.05) is 44.2 Å².